The van der Waals surface area contributed by atoms with E-state index in [-0.39, 0.29) is 23.6 Å². The molecule has 3 aliphatic rings. The fourth-order valence-electron chi connectivity index (χ4n) is 6.04. The Morgan fingerprint density at radius 1 is 0.953 bits per heavy atom. The molecule has 8 nitrogen and oxygen atoms in total. The summed E-state index contributed by atoms with van der Waals surface area (Å²) in [5.41, 5.74) is 2.84. The third kappa shape index (κ3) is 7.20. The number of hydrogen-bond donors (Lipinski definition) is 1. The Morgan fingerprint density at radius 3 is 2.51 bits per heavy atom. The maximum Gasteiger partial charge on any atom is 0.410 e. The number of hydrogen-bond acceptors (Lipinski definition) is 8. The first-order chi connectivity index (χ1) is 21.1. The van der Waals surface area contributed by atoms with E-state index in [2.05, 4.69) is 35.2 Å². The number of carbonyl (C=O) groups is 1. The Balaban J connectivity index is 0.949. The molecular formula is C34H37N3O5S. The summed E-state index contributed by atoms with van der Waals surface area (Å²) in [5.74, 6) is 2.63. The molecule has 2 saturated heterocycles. The first kappa shape index (κ1) is 29.2. The number of nitriles is 1. The Kier molecular flexibility index (Phi) is 9.25. The van der Waals surface area contributed by atoms with Crippen molar-refractivity contribution in [3.05, 3.63) is 89.5 Å². The zero-order chi connectivity index (χ0) is 29.6. The van der Waals surface area contributed by atoms with Crippen LogP contribution in [0.3, 0.4) is 0 Å². The number of benzene rings is 3. The molecule has 0 N–H and O–H groups in total. The van der Waals surface area contributed by atoms with E-state index in [1.807, 2.05) is 35.2 Å². The average Bonchev–Trinajstić information content (AvgIpc) is 3.41. The second-order valence-corrected chi connectivity index (χ2v) is 12.0. The van der Waals surface area contributed by atoms with Crippen LogP contribution in [0.15, 0.2) is 72.8 Å². The molecule has 1 unspecified atom stereocenters. The molecule has 0 radical (unpaired) electrons. The van der Waals surface area contributed by atoms with Crippen LogP contribution in [-0.4, -0.2) is 66.3 Å². The van der Waals surface area contributed by atoms with Crippen LogP contribution in [-0.2, 0) is 17.8 Å². The fourth-order valence-corrected chi connectivity index (χ4v) is 6.41. The molecule has 0 aliphatic carbocycles. The Bertz CT molecular complexity index is 1420. The molecule has 0 spiro atoms. The average molecular weight is 600 g/mol. The minimum absolute atomic E-state index is 0.0402. The third-order valence-corrected chi connectivity index (χ3v) is 9.26. The Morgan fingerprint density at radius 2 is 1.74 bits per heavy atom. The fraction of sp³-hybridized carbons (Fsp3) is 0.412. The smallest absolute Gasteiger partial charge is 0.410 e. The molecule has 6 rings (SSSR count). The molecule has 3 aromatic rings. The van der Waals surface area contributed by atoms with Gasteiger partial charge in [-0.2, -0.15) is 17.9 Å². The Hall–Kier alpha value is -3.87. The quantitative estimate of drug-likeness (QED) is 0.300. The molecule has 0 aromatic heterocycles. The highest BCUT2D eigenvalue weighted by Crippen LogP contribution is 2.35. The monoisotopic (exact) mass is 599 g/mol. The van der Waals surface area contributed by atoms with Crippen molar-refractivity contribution in [2.75, 3.05) is 32.8 Å². The maximum atomic E-state index is 12.6. The molecule has 224 valence electrons. The van der Waals surface area contributed by atoms with Crippen molar-refractivity contribution in [2.24, 2.45) is 5.92 Å². The molecule has 9 heteroatoms. The van der Waals surface area contributed by atoms with Crippen molar-refractivity contribution in [1.82, 2.24) is 9.80 Å². The van der Waals surface area contributed by atoms with Crippen molar-refractivity contribution in [2.45, 2.75) is 49.8 Å². The summed E-state index contributed by atoms with van der Waals surface area (Å²) in [6.45, 7) is 3.91. The van der Waals surface area contributed by atoms with Crippen LogP contribution in [0, 0.1) is 17.2 Å². The van der Waals surface area contributed by atoms with Gasteiger partial charge in [0.2, 0.25) is 0 Å². The van der Waals surface area contributed by atoms with E-state index in [9.17, 15) is 10.1 Å². The van der Waals surface area contributed by atoms with Crippen molar-refractivity contribution < 1.29 is 23.7 Å². The summed E-state index contributed by atoms with van der Waals surface area (Å²) in [5, 5.41) is 9.10. The van der Waals surface area contributed by atoms with Crippen LogP contribution in [0.5, 0.6) is 17.2 Å². The van der Waals surface area contributed by atoms with Gasteiger partial charge in [-0.15, -0.1) is 0 Å². The molecule has 3 atom stereocenters. The van der Waals surface area contributed by atoms with Gasteiger partial charge < -0.3 is 23.8 Å². The first-order valence-corrected chi connectivity index (χ1v) is 15.5. The highest BCUT2D eigenvalue weighted by molar-refractivity contribution is 7.80. The molecule has 0 bridgehead atoms. The summed E-state index contributed by atoms with van der Waals surface area (Å²) in [7, 11) is 0. The van der Waals surface area contributed by atoms with Crippen molar-refractivity contribution in [1.29, 1.82) is 5.26 Å². The van der Waals surface area contributed by atoms with E-state index >= 15 is 0 Å². The minimum atomic E-state index is -0.217. The zero-order valence-corrected chi connectivity index (χ0v) is 25.0. The molecular weight excluding hydrogens is 562 g/mol. The molecule has 1 amide bonds. The largest absolute Gasteiger partial charge is 0.489 e. The van der Waals surface area contributed by atoms with E-state index in [0.29, 0.717) is 49.3 Å². The zero-order valence-electron chi connectivity index (χ0n) is 24.1. The van der Waals surface area contributed by atoms with Crippen LogP contribution in [0.25, 0.3) is 0 Å². The third-order valence-electron chi connectivity index (χ3n) is 8.61. The predicted octanol–water partition coefficient (Wildman–Crippen LogP) is 5.70. The number of nitrogens with zero attached hydrogens (tertiary/aromatic N) is 3. The molecule has 0 saturated carbocycles. The highest BCUT2D eigenvalue weighted by atomic mass is 32.1. The number of carbonyl (C=O) groups excluding carboxylic acids is 1. The lowest BCUT2D eigenvalue weighted by Gasteiger charge is -2.40. The SMILES string of the molecule is N#Cc1ccc2c(c1)O[C@@H](C(S)N1CCC(CCN3C(=O)OC[C@@H]3Cc3ccc(OCc4ccccc4)cc3)CC1)CO2. The van der Waals surface area contributed by atoms with Gasteiger partial charge >= 0.3 is 6.09 Å². The van der Waals surface area contributed by atoms with Crippen LogP contribution < -0.4 is 14.2 Å². The predicted molar refractivity (Wildman–Crippen MR) is 166 cm³/mol. The molecule has 3 aromatic carbocycles. The lowest BCUT2D eigenvalue weighted by atomic mass is 9.92. The summed E-state index contributed by atoms with van der Waals surface area (Å²) < 4.78 is 23.5. The summed E-state index contributed by atoms with van der Waals surface area (Å²) in [4.78, 5) is 16.8. The second kappa shape index (κ2) is 13.6. The van der Waals surface area contributed by atoms with Crippen LogP contribution in [0.1, 0.15) is 36.0 Å². The van der Waals surface area contributed by atoms with Crippen LogP contribution in [0.4, 0.5) is 4.79 Å². The van der Waals surface area contributed by atoms with Gasteiger partial charge in [-0.1, -0.05) is 42.5 Å². The van der Waals surface area contributed by atoms with Gasteiger partial charge in [0, 0.05) is 12.6 Å². The minimum Gasteiger partial charge on any atom is -0.489 e. The van der Waals surface area contributed by atoms with Crippen LogP contribution >= 0.6 is 12.6 Å². The van der Waals surface area contributed by atoms with Gasteiger partial charge in [0.15, 0.2) is 17.6 Å². The topological polar surface area (TPSA) is 84.3 Å². The van der Waals surface area contributed by atoms with Gasteiger partial charge in [-0.05, 0) is 80.1 Å². The molecule has 3 aliphatic heterocycles. The molecule has 3 heterocycles. The van der Waals surface area contributed by atoms with Crippen molar-refractivity contribution in [3.63, 3.8) is 0 Å². The number of cyclic esters (lactones) is 1. The van der Waals surface area contributed by atoms with E-state index in [1.54, 1.807) is 18.2 Å². The Labute approximate surface area is 258 Å². The lowest BCUT2D eigenvalue weighted by Crippen LogP contribution is -2.49. The molecule has 2 fully saturated rings. The van der Waals surface area contributed by atoms with Crippen molar-refractivity contribution >= 4 is 18.7 Å². The number of fused-ring (bicyclic) bond motifs is 1. The van der Waals surface area contributed by atoms with E-state index < -0.39 is 0 Å². The normalized spacial score (nSPS) is 21.2. The summed E-state index contributed by atoms with van der Waals surface area (Å²) in [6.07, 6.45) is 3.36. The first-order valence-electron chi connectivity index (χ1n) is 15.0. The summed E-state index contributed by atoms with van der Waals surface area (Å²) >= 11 is 4.89. The second-order valence-electron chi connectivity index (χ2n) is 11.5. The number of amides is 1. The van der Waals surface area contributed by atoms with E-state index in [0.717, 1.165) is 55.6 Å². The number of piperidine rings is 1. The van der Waals surface area contributed by atoms with Gasteiger partial charge in [-0.25, -0.2) is 4.79 Å². The maximum absolute atomic E-state index is 12.6. The number of rotatable bonds is 10. The summed E-state index contributed by atoms with van der Waals surface area (Å²) in [6, 6.07) is 25.7. The number of ether oxygens (including phenoxy) is 4. The number of thiol groups is 1. The number of likely N-dealkylation sites (tertiary alicyclic amines) is 1. The standard InChI is InChI=1S/C34H37N3O5S/c35-20-27-8-11-30-31(19-27)42-32(23-40-30)33(43)36-15-12-24(13-16-36)14-17-37-28(22-41-34(37)38)18-25-6-9-29(10-7-25)39-21-26-4-2-1-3-5-26/h1-11,19,24,28,32-33,43H,12-18,21-23H2/t28-,32+,33?/m0/s1. The van der Waals surface area contributed by atoms with Crippen LogP contribution in [0.2, 0.25) is 0 Å². The van der Waals surface area contributed by atoms with Crippen molar-refractivity contribution in [3.8, 4) is 23.3 Å². The highest BCUT2D eigenvalue weighted by Gasteiger charge is 2.35. The van der Waals surface area contributed by atoms with Gasteiger partial charge in [0.1, 0.15) is 25.6 Å². The van der Waals surface area contributed by atoms with Gasteiger partial charge in [-0.3, -0.25) is 4.90 Å². The van der Waals surface area contributed by atoms with E-state index in [1.165, 1.54) is 0 Å². The lowest BCUT2D eigenvalue weighted by molar-refractivity contribution is 0.0341. The van der Waals surface area contributed by atoms with E-state index in [4.69, 9.17) is 31.6 Å². The van der Waals surface area contributed by atoms with Gasteiger partial charge in [0.25, 0.3) is 0 Å². The molecule has 43 heavy (non-hydrogen) atoms. The van der Waals surface area contributed by atoms with Gasteiger partial charge in [0.05, 0.1) is 23.0 Å².